The number of sulfonamides is 1. The number of nitrogens with zero attached hydrogens (tertiary/aromatic N) is 1. The first-order valence-electron chi connectivity index (χ1n) is 8.37. The summed E-state index contributed by atoms with van der Waals surface area (Å²) < 4.78 is 34.2. The summed E-state index contributed by atoms with van der Waals surface area (Å²) in [5.74, 6) is 1.57. The van der Waals surface area contributed by atoms with Crippen LogP contribution in [0.1, 0.15) is 29.5 Å². The lowest BCUT2D eigenvalue weighted by molar-refractivity contribution is -0.679. The summed E-state index contributed by atoms with van der Waals surface area (Å²) in [7, 11) is -3.24. The molecule has 0 unspecified atom stereocenters. The van der Waals surface area contributed by atoms with Crippen molar-refractivity contribution < 1.29 is 17.7 Å². The zero-order valence-electron chi connectivity index (χ0n) is 13.5. The molecule has 0 amide bonds. The number of hydrogen-bond acceptors (Lipinski definition) is 3. The number of ether oxygens (including phenoxy) is 1. The number of rotatable bonds is 3. The van der Waals surface area contributed by atoms with Gasteiger partial charge in [-0.3, -0.25) is 0 Å². The van der Waals surface area contributed by atoms with E-state index in [0.717, 1.165) is 24.2 Å². The number of fused-ring (bicyclic) bond motifs is 2. The Morgan fingerprint density at radius 1 is 1.12 bits per heavy atom. The molecule has 1 aromatic carbocycles. The second kappa shape index (κ2) is 6.09. The lowest BCUT2D eigenvalue weighted by Gasteiger charge is -2.18. The van der Waals surface area contributed by atoms with E-state index in [0.29, 0.717) is 19.0 Å². The Labute approximate surface area is 142 Å². The van der Waals surface area contributed by atoms with Gasteiger partial charge in [0.2, 0.25) is 0 Å². The number of anilines is 1. The third-order valence-electron chi connectivity index (χ3n) is 4.72. The predicted octanol–water partition coefficient (Wildman–Crippen LogP) is 2.19. The summed E-state index contributed by atoms with van der Waals surface area (Å²) in [6, 6.07) is 10.1. The van der Waals surface area contributed by atoms with Crippen LogP contribution in [0.4, 0.5) is 5.82 Å². The van der Waals surface area contributed by atoms with Crippen LogP contribution in [-0.2, 0) is 36.0 Å². The highest BCUT2D eigenvalue weighted by molar-refractivity contribution is 7.92. The molecule has 2 aliphatic rings. The number of nitrogens with one attached hydrogen (secondary N) is 1. The van der Waals surface area contributed by atoms with Gasteiger partial charge in [-0.1, -0.05) is 6.07 Å². The molecule has 5 nitrogen and oxygen atoms in total. The SMILES string of the molecule is O=S1(=O)CC[n+]2cccc(COc3ccc4c(c3)CCCC4)c2N1. The zero-order chi connectivity index (χ0) is 16.6. The van der Waals surface area contributed by atoms with Crippen LogP contribution in [-0.4, -0.2) is 14.2 Å². The number of aryl methyl sites for hydroxylation is 3. The fourth-order valence-electron chi connectivity index (χ4n) is 3.41. The summed E-state index contributed by atoms with van der Waals surface area (Å²) >= 11 is 0. The highest BCUT2D eigenvalue weighted by Crippen LogP contribution is 2.26. The fourth-order valence-corrected chi connectivity index (χ4v) is 4.49. The van der Waals surface area contributed by atoms with E-state index >= 15 is 0 Å². The van der Waals surface area contributed by atoms with Gasteiger partial charge in [-0.05, 0) is 61.1 Å². The molecule has 0 fully saturated rings. The molecule has 126 valence electrons. The minimum atomic E-state index is -3.24. The van der Waals surface area contributed by atoms with Gasteiger partial charge in [0.25, 0.3) is 5.82 Å². The lowest BCUT2D eigenvalue weighted by atomic mass is 9.92. The van der Waals surface area contributed by atoms with Crippen LogP contribution in [0.25, 0.3) is 0 Å². The van der Waals surface area contributed by atoms with Crippen molar-refractivity contribution in [1.82, 2.24) is 0 Å². The molecule has 0 bridgehead atoms. The van der Waals surface area contributed by atoms with Crippen molar-refractivity contribution >= 4 is 15.8 Å². The molecule has 1 aromatic heterocycles. The van der Waals surface area contributed by atoms with E-state index in [2.05, 4.69) is 16.9 Å². The Morgan fingerprint density at radius 3 is 2.83 bits per heavy atom. The summed E-state index contributed by atoms with van der Waals surface area (Å²) in [5.41, 5.74) is 3.65. The third kappa shape index (κ3) is 3.11. The van der Waals surface area contributed by atoms with Gasteiger partial charge in [0, 0.05) is 0 Å². The van der Waals surface area contributed by atoms with Crippen LogP contribution in [0, 0.1) is 0 Å². The van der Waals surface area contributed by atoms with Crippen LogP contribution < -0.4 is 14.0 Å². The van der Waals surface area contributed by atoms with E-state index in [1.165, 1.54) is 24.0 Å². The highest BCUT2D eigenvalue weighted by Gasteiger charge is 2.29. The monoisotopic (exact) mass is 345 g/mol. The van der Waals surface area contributed by atoms with Gasteiger partial charge in [0.1, 0.15) is 24.7 Å². The smallest absolute Gasteiger partial charge is 0.302 e. The van der Waals surface area contributed by atoms with Gasteiger partial charge in [-0.25, -0.2) is 4.57 Å². The van der Waals surface area contributed by atoms with Gasteiger partial charge in [0.05, 0.1) is 11.8 Å². The Kier molecular flexibility index (Phi) is 3.92. The zero-order valence-corrected chi connectivity index (χ0v) is 14.3. The van der Waals surface area contributed by atoms with Crippen LogP contribution >= 0.6 is 0 Å². The average Bonchev–Trinajstić information content (AvgIpc) is 2.59. The van der Waals surface area contributed by atoms with Crippen LogP contribution in [0.2, 0.25) is 0 Å². The van der Waals surface area contributed by atoms with E-state index in [-0.39, 0.29) is 5.75 Å². The van der Waals surface area contributed by atoms with Crippen molar-refractivity contribution in [1.29, 1.82) is 0 Å². The Bertz CT molecular complexity index is 878. The van der Waals surface area contributed by atoms with Crippen molar-refractivity contribution in [2.24, 2.45) is 0 Å². The van der Waals surface area contributed by atoms with Crippen molar-refractivity contribution in [3.05, 3.63) is 53.2 Å². The minimum absolute atomic E-state index is 0.111. The summed E-state index contributed by atoms with van der Waals surface area (Å²) in [6.07, 6.45) is 6.66. The molecule has 1 N–H and O–H groups in total. The molecule has 0 spiro atoms. The molecule has 1 aliphatic carbocycles. The number of pyridine rings is 1. The summed E-state index contributed by atoms with van der Waals surface area (Å²) in [6.45, 7) is 0.814. The standard InChI is InChI=1S/C18H20N2O3S/c21-24(22)11-10-20-9-3-6-16(18(20)19-24)13-23-17-8-7-14-4-1-2-5-15(14)12-17/h3,6-9,12H,1-2,4-5,10-11,13H2/p+1. The molecule has 4 rings (SSSR count). The molecular weight excluding hydrogens is 324 g/mol. The van der Waals surface area contributed by atoms with E-state index < -0.39 is 10.0 Å². The molecule has 0 saturated carbocycles. The molecule has 0 atom stereocenters. The third-order valence-corrected chi connectivity index (χ3v) is 5.95. The average molecular weight is 345 g/mol. The molecule has 1 aliphatic heterocycles. The molecule has 2 heterocycles. The first kappa shape index (κ1) is 15.4. The van der Waals surface area contributed by atoms with E-state index in [1.807, 2.05) is 29.0 Å². The maximum Gasteiger partial charge on any atom is 0.302 e. The topological polar surface area (TPSA) is 59.3 Å². The molecule has 0 saturated heterocycles. The molecule has 2 aromatic rings. The summed E-state index contributed by atoms with van der Waals surface area (Å²) in [4.78, 5) is 0. The maximum absolute atomic E-state index is 11.8. The summed E-state index contributed by atoms with van der Waals surface area (Å²) in [5, 5.41) is 0. The van der Waals surface area contributed by atoms with Crippen LogP contribution in [0.15, 0.2) is 36.5 Å². The minimum Gasteiger partial charge on any atom is -0.489 e. The van der Waals surface area contributed by atoms with Gasteiger partial charge in [-0.15, -0.1) is 0 Å². The predicted molar refractivity (Wildman–Crippen MR) is 91.5 cm³/mol. The second-order valence-corrected chi connectivity index (χ2v) is 8.26. The van der Waals surface area contributed by atoms with Gasteiger partial charge in [0.15, 0.2) is 0 Å². The Morgan fingerprint density at radius 2 is 1.96 bits per heavy atom. The Hall–Kier alpha value is -2.08. The Balaban J connectivity index is 1.55. The first-order chi connectivity index (χ1) is 11.6. The number of aromatic nitrogens is 1. The van der Waals surface area contributed by atoms with E-state index in [9.17, 15) is 8.42 Å². The molecule has 24 heavy (non-hydrogen) atoms. The number of benzene rings is 1. The van der Waals surface area contributed by atoms with Crippen LogP contribution in [0.3, 0.4) is 0 Å². The second-order valence-electron chi connectivity index (χ2n) is 6.42. The van der Waals surface area contributed by atoms with Crippen molar-refractivity contribution in [2.45, 2.75) is 38.8 Å². The highest BCUT2D eigenvalue weighted by atomic mass is 32.2. The first-order valence-corrected chi connectivity index (χ1v) is 10.0. The van der Waals surface area contributed by atoms with Crippen molar-refractivity contribution in [2.75, 3.05) is 10.5 Å². The number of hydrogen-bond donors (Lipinski definition) is 1. The molecular formula is C18H21N2O3S+. The maximum atomic E-state index is 11.8. The van der Waals surface area contributed by atoms with Crippen molar-refractivity contribution in [3.63, 3.8) is 0 Å². The van der Waals surface area contributed by atoms with Crippen molar-refractivity contribution in [3.8, 4) is 5.75 Å². The quantitative estimate of drug-likeness (QED) is 0.868. The largest absolute Gasteiger partial charge is 0.489 e. The van der Waals surface area contributed by atoms with Crippen LogP contribution in [0.5, 0.6) is 5.75 Å². The van der Waals surface area contributed by atoms with E-state index in [1.54, 1.807) is 0 Å². The fraction of sp³-hybridized carbons (Fsp3) is 0.389. The van der Waals surface area contributed by atoms with E-state index in [4.69, 9.17) is 4.74 Å². The molecule has 0 radical (unpaired) electrons. The van der Waals surface area contributed by atoms with Gasteiger partial charge >= 0.3 is 10.0 Å². The van der Waals surface area contributed by atoms with Gasteiger partial charge in [-0.2, -0.15) is 13.1 Å². The van der Waals surface area contributed by atoms with Gasteiger partial charge < -0.3 is 4.74 Å². The molecule has 6 heteroatoms. The normalized spacial score (nSPS) is 18.2. The lowest BCUT2D eigenvalue weighted by Crippen LogP contribution is -2.47.